The Morgan fingerprint density at radius 2 is 1.76 bits per heavy atom. The number of rotatable bonds is 1. The molecule has 1 aliphatic heterocycles. The molecule has 9 heteroatoms. The van der Waals surface area contributed by atoms with Gasteiger partial charge in [0.05, 0.1) is 0 Å². The van der Waals surface area contributed by atoms with Crippen LogP contribution in [0.15, 0.2) is 11.1 Å². The maximum atomic E-state index is 12.9. The molecule has 1 aliphatic rings. The van der Waals surface area contributed by atoms with Gasteiger partial charge in [0, 0.05) is 13.0 Å². The Hall–Kier alpha value is -0.340. The third-order valence-corrected chi connectivity index (χ3v) is 4.32. The molecule has 0 fully saturated rings. The van der Waals surface area contributed by atoms with Gasteiger partial charge in [0.25, 0.3) is 0 Å². The second kappa shape index (κ2) is 4.10. The lowest BCUT2D eigenvalue weighted by molar-refractivity contribution is -0.188. The number of halogens is 5. The summed E-state index contributed by atoms with van der Waals surface area (Å²) in [6, 6.07) is 0. The van der Waals surface area contributed by atoms with Gasteiger partial charge < -0.3 is 0 Å². The van der Waals surface area contributed by atoms with Crippen molar-refractivity contribution in [1.82, 2.24) is 4.31 Å². The Morgan fingerprint density at radius 3 is 2.12 bits per heavy atom. The fourth-order valence-electron chi connectivity index (χ4n) is 1.56. The lowest BCUT2D eigenvalue weighted by Crippen LogP contribution is -2.58. The molecule has 0 aromatic carbocycles. The lowest BCUT2D eigenvalue weighted by Gasteiger charge is -2.41. The van der Waals surface area contributed by atoms with E-state index in [1.165, 1.54) is 13.8 Å². The molecule has 1 unspecified atom stereocenters. The van der Waals surface area contributed by atoms with E-state index in [2.05, 4.69) is 0 Å². The van der Waals surface area contributed by atoms with Gasteiger partial charge >= 0.3 is 16.6 Å². The molecule has 17 heavy (non-hydrogen) atoms. The smallest absolute Gasteiger partial charge is 0.177 e. The van der Waals surface area contributed by atoms with E-state index in [0.717, 1.165) is 0 Å². The van der Waals surface area contributed by atoms with Crippen molar-refractivity contribution < 1.29 is 25.5 Å². The van der Waals surface area contributed by atoms with Crippen LogP contribution in [0.25, 0.3) is 0 Å². The van der Waals surface area contributed by atoms with Crippen molar-refractivity contribution in [2.75, 3.05) is 6.54 Å². The van der Waals surface area contributed by atoms with E-state index < -0.39 is 34.5 Å². The third-order valence-electron chi connectivity index (χ3n) is 2.70. The molecule has 1 rings (SSSR count). The molecular formula is C8H10ClF4NO2S. The van der Waals surface area contributed by atoms with Crippen molar-refractivity contribution in [3.63, 3.8) is 0 Å². The van der Waals surface area contributed by atoms with Crippen molar-refractivity contribution in [2.24, 2.45) is 0 Å². The van der Waals surface area contributed by atoms with E-state index in [1.807, 2.05) is 0 Å². The van der Waals surface area contributed by atoms with Crippen molar-refractivity contribution in [2.45, 2.75) is 31.4 Å². The Kier molecular flexibility index (Phi) is 3.55. The molecule has 1 heterocycles. The fourth-order valence-corrected chi connectivity index (χ4v) is 2.93. The van der Waals surface area contributed by atoms with Crippen LogP contribution in [0.1, 0.15) is 20.3 Å². The van der Waals surface area contributed by atoms with Gasteiger partial charge in [-0.05, 0) is 13.8 Å². The topological polar surface area (TPSA) is 37.4 Å². The highest BCUT2D eigenvalue weighted by atomic mass is 35.5. The maximum absolute atomic E-state index is 12.9. The predicted molar refractivity (Wildman–Crippen MR) is 54.4 cm³/mol. The van der Waals surface area contributed by atoms with Crippen LogP contribution in [0.2, 0.25) is 0 Å². The highest BCUT2D eigenvalue weighted by molar-refractivity contribution is 7.84. The minimum atomic E-state index is -5.53. The monoisotopic (exact) mass is 295 g/mol. The number of nitrogens with zero attached hydrogens (tertiary/aromatic N) is 1. The first-order valence-corrected chi connectivity index (χ1v) is 6.25. The second-order valence-electron chi connectivity index (χ2n) is 3.94. The quantitative estimate of drug-likeness (QED) is 0.245. The summed E-state index contributed by atoms with van der Waals surface area (Å²) in [5.41, 5.74) is 0.656. The number of hydrogen-bond acceptors (Lipinski definition) is 2. The Labute approximate surface area is 101 Å². The molecule has 0 saturated heterocycles. The van der Waals surface area contributed by atoms with Gasteiger partial charge in [-0.3, -0.25) is 0 Å². The summed E-state index contributed by atoms with van der Waals surface area (Å²) in [7, 11) is -5.53. The number of hydrogen-bond donors (Lipinski definition) is 0. The van der Waals surface area contributed by atoms with Crippen molar-refractivity contribution >= 4 is 22.0 Å². The van der Waals surface area contributed by atoms with Crippen LogP contribution in [-0.2, 0) is 10.4 Å². The summed E-state index contributed by atoms with van der Waals surface area (Å²) in [5.74, 6) is 0. The van der Waals surface area contributed by atoms with Gasteiger partial charge in [0.1, 0.15) is 0 Å². The van der Waals surface area contributed by atoms with E-state index in [1.54, 1.807) is 0 Å². The zero-order chi connectivity index (χ0) is 13.6. The van der Waals surface area contributed by atoms with Crippen LogP contribution >= 0.6 is 11.6 Å². The van der Waals surface area contributed by atoms with Crippen molar-refractivity contribution in [3.8, 4) is 0 Å². The minimum Gasteiger partial charge on any atom is -0.177 e. The molecule has 0 radical (unpaired) electrons. The first-order chi connectivity index (χ1) is 7.39. The van der Waals surface area contributed by atoms with Crippen LogP contribution in [0.5, 0.6) is 0 Å². The summed E-state index contributed by atoms with van der Waals surface area (Å²) >= 11 is 5.31. The maximum Gasteiger partial charge on any atom is 0.422 e. The molecule has 0 aromatic rings. The minimum absolute atomic E-state index is 0.303. The Balaban J connectivity index is 3.37. The highest BCUT2D eigenvalue weighted by Gasteiger charge is 2.62. The zero-order valence-electron chi connectivity index (χ0n) is 8.98. The SMILES string of the molecule is CC1=C(C)CC(Cl)(C(F)(F)F)N(S(=O)(=O)F)C1. The van der Waals surface area contributed by atoms with Gasteiger partial charge in [0.2, 0.25) is 5.00 Å². The molecule has 3 nitrogen and oxygen atoms in total. The van der Waals surface area contributed by atoms with Crippen LogP contribution in [0, 0.1) is 0 Å². The molecule has 0 aromatic heterocycles. The highest BCUT2D eigenvalue weighted by Crippen LogP contribution is 2.48. The molecule has 0 N–H and O–H groups in total. The molecule has 1 atom stereocenters. The zero-order valence-corrected chi connectivity index (χ0v) is 10.5. The first-order valence-electron chi connectivity index (χ1n) is 4.53. The predicted octanol–water partition coefficient (Wildman–Crippen LogP) is 2.74. The van der Waals surface area contributed by atoms with E-state index in [0.29, 0.717) is 11.1 Å². The van der Waals surface area contributed by atoms with Gasteiger partial charge in [-0.15, -0.1) is 4.31 Å². The second-order valence-corrected chi connectivity index (χ2v) is 5.83. The van der Waals surface area contributed by atoms with Crippen LogP contribution < -0.4 is 0 Å². The third kappa shape index (κ3) is 2.58. The molecule has 0 bridgehead atoms. The van der Waals surface area contributed by atoms with Gasteiger partial charge in [-0.1, -0.05) is 26.6 Å². The van der Waals surface area contributed by atoms with Crippen LogP contribution in [0.3, 0.4) is 0 Å². The molecule has 0 aliphatic carbocycles. The van der Waals surface area contributed by atoms with Gasteiger partial charge in [-0.2, -0.15) is 21.6 Å². The molecule has 0 saturated carbocycles. The van der Waals surface area contributed by atoms with Gasteiger partial charge in [-0.25, -0.2) is 0 Å². The van der Waals surface area contributed by atoms with Crippen molar-refractivity contribution in [1.29, 1.82) is 0 Å². The van der Waals surface area contributed by atoms with E-state index in [-0.39, 0.29) is 4.31 Å². The summed E-state index contributed by atoms with van der Waals surface area (Å²) in [4.78, 5) is -3.25. The Bertz CT molecular complexity index is 459. The van der Waals surface area contributed by atoms with E-state index in [9.17, 15) is 25.5 Å². The standard InChI is InChI=1S/C8H10ClF4NO2S/c1-5-3-7(9,8(10,11)12)14(4-6(5)2)17(13,15)16/h3-4H2,1-2H3. The van der Waals surface area contributed by atoms with Gasteiger partial charge in [0.15, 0.2) is 0 Å². The lowest BCUT2D eigenvalue weighted by atomic mass is 9.97. The summed E-state index contributed by atoms with van der Waals surface area (Å²) < 4.78 is 72.4. The number of alkyl halides is 4. The van der Waals surface area contributed by atoms with Crippen LogP contribution in [-0.4, -0.2) is 30.4 Å². The molecule has 0 amide bonds. The fraction of sp³-hybridized carbons (Fsp3) is 0.750. The molecule has 0 spiro atoms. The summed E-state index contributed by atoms with van der Waals surface area (Å²) in [5, 5.41) is 0. The summed E-state index contributed by atoms with van der Waals surface area (Å²) in [6.07, 6.45) is -5.84. The summed E-state index contributed by atoms with van der Waals surface area (Å²) in [6.45, 7) is 2.13. The largest absolute Gasteiger partial charge is 0.422 e. The van der Waals surface area contributed by atoms with E-state index >= 15 is 0 Å². The van der Waals surface area contributed by atoms with Crippen LogP contribution in [0.4, 0.5) is 17.1 Å². The van der Waals surface area contributed by atoms with Crippen molar-refractivity contribution in [3.05, 3.63) is 11.1 Å². The molecular weight excluding hydrogens is 286 g/mol. The average Bonchev–Trinajstić information content (AvgIpc) is 2.07. The Morgan fingerprint density at radius 1 is 1.29 bits per heavy atom. The van der Waals surface area contributed by atoms with E-state index in [4.69, 9.17) is 11.6 Å². The normalized spacial score (nSPS) is 28.6. The molecule has 100 valence electrons. The first kappa shape index (κ1) is 14.7. The average molecular weight is 296 g/mol.